The van der Waals surface area contributed by atoms with Gasteiger partial charge in [0, 0.05) is 20.3 Å². The summed E-state index contributed by atoms with van der Waals surface area (Å²) in [5, 5.41) is 13.2. The Bertz CT molecular complexity index is 666. The number of hydrogen-bond donors (Lipinski definition) is 0. The van der Waals surface area contributed by atoms with Crippen LogP contribution in [0.4, 0.5) is 5.69 Å². The van der Waals surface area contributed by atoms with Gasteiger partial charge in [0.25, 0.3) is 5.91 Å². The van der Waals surface area contributed by atoms with E-state index in [1.165, 1.54) is 4.90 Å². The standard InChI is InChI=1S/C14H14N4O/c1-10-12(9-17(2)16-10)14(19)18(3)13-7-5-4-6-11(13)8-15/h4-7,9H,1-3H3. The van der Waals surface area contributed by atoms with E-state index in [2.05, 4.69) is 11.2 Å². The van der Waals surface area contributed by atoms with Gasteiger partial charge in [-0.2, -0.15) is 10.4 Å². The number of aryl methyl sites for hydroxylation is 2. The fourth-order valence-electron chi connectivity index (χ4n) is 1.96. The van der Waals surface area contributed by atoms with E-state index in [4.69, 9.17) is 5.26 Å². The highest BCUT2D eigenvalue weighted by Gasteiger charge is 2.19. The second-order valence-electron chi connectivity index (χ2n) is 4.29. The van der Waals surface area contributed by atoms with Gasteiger partial charge in [-0.3, -0.25) is 9.48 Å². The Kier molecular flexibility index (Phi) is 3.34. The fourth-order valence-corrected chi connectivity index (χ4v) is 1.96. The van der Waals surface area contributed by atoms with Gasteiger partial charge in [0.1, 0.15) is 6.07 Å². The maximum Gasteiger partial charge on any atom is 0.261 e. The van der Waals surface area contributed by atoms with Crippen LogP contribution in [0.5, 0.6) is 0 Å². The zero-order valence-electron chi connectivity index (χ0n) is 11.1. The molecule has 0 N–H and O–H groups in total. The molecule has 19 heavy (non-hydrogen) atoms. The Hall–Kier alpha value is -2.61. The third kappa shape index (κ3) is 2.33. The lowest BCUT2D eigenvalue weighted by Gasteiger charge is -2.18. The molecule has 0 saturated carbocycles. The van der Waals surface area contributed by atoms with Gasteiger partial charge < -0.3 is 4.90 Å². The first kappa shape index (κ1) is 12.8. The van der Waals surface area contributed by atoms with Gasteiger partial charge >= 0.3 is 0 Å². The topological polar surface area (TPSA) is 61.9 Å². The molecule has 0 bridgehead atoms. The number of nitriles is 1. The molecular weight excluding hydrogens is 240 g/mol. The summed E-state index contributed by atoms with van der Waals surface area (Å²) in [6.45, 7) is 1.79. The molecule has 96 valence electrons. The van der Waals surface area contributed by atoms with E-state index in [0.717, 1.165) is 0 Å². The SMILES string of the molecule is Cc1nn(C)cc1C(=O)N(C)c1ccccc1C#N. The maximum atomic E-state index is 12.4. The summed E-state index contributed by atoms with van der Waals surface area (Å²) in [6.07, 6.45) is 1.68. The van der Waals surface area contributed by atoms with E-state index < -0.39 is 0 Å². The average molecular weight is 254 g/mol. The van der Waals surface area contributed by atoms with Crippen molar-refractivity contribution in [2.45, 2.75) is 6.92 Å². The number of para-hydroxylation sites is 1. The number of aromatic nitrogens is 2. The summed E-state index contributed by atoms with van der Waals surface area (Å²) >= 11 is 0. The number of nitrogens with zero attached hydrogens (tertiary/aromatic N) is 4. The second-order valence-corrected chi connectivity index (χ2v) is 4.29. The van der Waals surface area contributed by atoms with Crippen molar-refractivity contribution in [3.8, 4) is 6.07 Å². The molecule has 1 heterocycles. The minimum absolute atomic E-state index is 0.173. The van der Waals surface area contributed by atoms with Crippen LogP contribution in [0.3, 0.4) is 0 Å². The third-order valence-electron chi connectivity index (χ3n) is 2.93. The van der Waals surface area contributed by atoms with E-state index in [1.807, 2.05) is 0 Å². The van der Waals surface area contributed by atoms with Gasteiger partial charge in [0.2, 0.25) is 0 Å². The zero-order chi connectivity index (χ0) is 14.0. The van der Waals surface area contributed by atoms with Crippen molar-refractivity contribution in [2.75, 3.05) is 11.9 Å². The molecule has 5 nitrogen and oxygen atoms in total. The number of hydrogen-bond acceptors (Lipinski definition) is 3. The lowest BCUT2D eigenvalue weighted by atomic mass is 10.1. The summed E-state index contributed by atoms with van der Waals surface area (Å²) in [7, 11) is 3.43. The molecule has 1 amide bonds. The number of benzene rings is 1. The van der Waals surface area contributed by atoms with Gasteiger partial charge in [-0.1, -0.05) is 12.1 Å². The van der Waals surface area contributed by atoms with Crippen LogP contribution in [0.1, 0.15) is 21.6 Å². The molecule has 0 spiro atoms. The molecule has 1 aromatic heterocycles. The summed E-state index contributed by atoms with van der Waals surface area (Å²) < 4.78 is 1.60. The predicted molar refractivity (Wildman–Crippen MR) is 71.8 cm³/mol. The van der Waals surface area contributed by atoms with Gasteiger partial charge in [-0.15, -0.1) is 0 Å². The Balaban J connectivity index is 2.40. The first-order valence-corrected chi connectivity index (χ1v) is 5.82. The number of anilines is 1. The van der Waals surface area contributed by atoms with Crippen LogP contribution in [0.25, 0.3) is 0 Å². The minimum atomic E-state index is -0.173. The lowest BCUT2D eigenvalue weighted by molar-refractivity contribution is 0.0992. The Morgan fingerprint density at radius 2 is 2.11 bits per heavy atom. The van der Waals surface area contributed by atoms with E-state index >= 15 is 0 Å². The highest BCUT2D eigenvalue weighted by molar-refractivity contribution is 6.06. The van der Waals surface area contributed by atoms with E-state index in [-0.39, 0.29) is 5.91 Å². The van der Waals surface area contributed by atoms with Crippen molar-refractivity contribution in [1.29, 1.82) is 5.26 Å². The quantitative estimate of drug-likeness (QED) is 0.822. The molecule has 0 fully saturated rings. The van der Waals surface area contributed by atoms with Crippen molar-refractivity contribution in [1.82, 2.24) is 9.78 Å². The van der Waals surface area contributed by atoms with Crippen molar-refractivity contribution in [3.63, 3.8) is 0 Å². The Morgan fingerprint density at radius 1 is 1.42 bits per heavy atom. The minimum Gasteiger partial charge on any atom is -0.310 e. The molecule has 0 atom stereocenters. The van der Waals surface area contributed by atoms with Gasteiger partial charge in [0.15, 0.2) is 0 Å². The molecular formula is C14H14N4O. The van der Waals surface area contributed by atoms with E-state index in [9.17, 15) is 4.79 Å². The molecule has 0 saturated heterocycles. The third-order valence-corrected chi connectivity index (χ3v) is 2.93. The average Bonchev–Trinajstić information content (AvgIpc) is 2.76. The molecule has 0 radical (unpaired) electrons. The molecule has 0 aliphatic heterocycles. The predicted octanol–water partition coefficient (Wildman–Crippen LogP) is 1.88. The molecule has 0 unspecified atom stereocenters. The largest absolute Gasteiger partial charge is 0.310 e. The van der Waals surface area contributed by atoms with Crippen LogP contribution in [0.15, 0.2) is 30.5 Å². The first-order valence-electron chi connectivity index (χ1n) is 5.82. The van der Waals surface area contributed by atoms with E-state index in [0.29, 0.717) is 22.5 Å². The maximum absolute atomic E-state index is 12.4. The Labute approximate surface area is 111 Å². The molecule has 1 aromatic carbocycles. The normalized spacial score (nSPS) is 10.0. The smallest absolute Gasteiger partial charge is 0.261 e. The van der Waals surface area contributed by atoms with Crippen LogP contribution < -0.4 is 4.90 Å². The molecule has 2 rings (SSSR count). The van der Waals surface area contributed by atoms with Crippen LogP contribution in [0.2, 0.25) is 0 Å². The number of rotatable bonds is 2. The summed E-state index contributed by atoms with van der Waals surface area (Å²) in [5.41, 5.74) is 2.28. The summed E-state index contributed by atoms with van der Waals surface area (Å²) in [6, 6.07) is 9.10. The van der Waals surface area contributed by atoms with Crippen molar-refractivity contribution in [2.24, 2.45) is 7.05 Å². The van der Waals surface area contributed by atoms with Gasteiger partial charge in [-0.25, -0.2) is 0 Å². The lowest BCUT2D eigenvalue weighted by Crippen LogP contribution is -2.27. The monoisotopic (exact) mass is 254 g/mol. The van der Waals surface area contributed by atoms with Crippen LogP contribution in [-0.4, -0.2) is 22.7 Å². The molecule has 2 aromatic rings. The van der Waals surface area contributed by atoms with Crippen LogP contribution in [0, 0.1) is 18.3 Å². The Morgan fingerprint density at radius 3 is 2.68 bits per heavy atom. The fraction of sp³-hybridized carbons (Fsp3) is 0.214. The first-order chi connectivity index (χ1) is 9.04. The second kappa shape index (κ2) is 4.94. The summed E-state index contributed by atoms with van der Waals surface area (Å²) in [5.74, 6) is -0.173. The molecule has 5 heteroatoms. The van der Waals surface area contributed by atoms with Crippen molar-refractivity contribution < 1.29 is 4.79 Å². The number of carbonyl (C=O) groups excluding carboxylic acids is 1. The number of carbonyl (C=O) groups is 1. The number of amides is 1. The van der Waals surface area contributed by atoms with Gasteiger partial charge in [-0.05, 0) is 19.1 Å². The zero-order valence-corrected chi connectivity index (χ0v) is 11.1. The van der Waals surface area contributed by atoms with Crippen molar-refractivity contribution >= 4 is 11.6 Å². The van der Waals surface area contributed by atoms with Crippen LogP contribution in [-0.2, 0) is 7.05 Å². The van der Waals surface area contributed by atoms with E-state index in [1.54, 1.807) is 56.2 Å². The highest BCUT2D eigenvalue weighted by atomic mass is 16.2. The van der Waals surface area contributed by atoms with Crippen LogP contribution >= 0.6 is 0 Å². The molecule has 0 aliphatic carbocycles. The highest BCUT2D eigenvalue weighted by Crippen LogP contribution is 2.20. The van der Waals surface area contributed by atoms with Crippen molar-refractivity contribution in [3.05, 3.63) is 47.3 Å². The van der Waals surface area contributed by atoms with Gasteiger partial charge in [0.05, 0.1) is 22.5 Å². The molecule has 0 aliphatic rings. The summed E-state index contributed by atoms with van der Waals surface area (Å²) in [4.78, 5) is 13.9.